The minimum atomic E-state index is -0.555. The Morgan fingerprint density at radius 3 is 2.54 bits per heavy atom. The molecule has 0 heterocycles. The van der Waals surface area contributed by atoms with E-state index in [-0.39, 0.29) is 0 Å². The van der Waals surface area contributed by atoms with E-state index in [1.54, 1.807) is 0 Å². The van der Waals surface area contributed by atoms with Crippen LogP contribution < -0.4 is 0 Å². The Kier molecular flexibility index (Phi) is 2.86. The van der Waals surface area contributed by atoms with Crippen LogP contribution in [-0.2, 0) is 0 Å². The summed E-state index contributed by atoms with van der Waals surface area (Å²) in [5.74, 6) is 0.637. The lowest BCUT2D eigenvalue weighted by Crippen LogP contribution is -2.31. The van der Waals surface area contributed by atoms with Crippen molar-refractivity contribution < 1.29 is 5.11 Å². The molecule has 0 saturated heterocycles. The summed E-state index contributed by atoms with van der Waals surface area (Å²) in [6, 6.07) is 0. The highest BCUT2D eigenvalue weighted by Crippen LogP contribution is 2.39. The van der Waals surface area contributed by atoms with Crippen LogP contribution in [0.3, 0.4) is 0 Å². The molecule has 76 valence electrons. The molecule has 13 heavy (non-hydrogen) atoms. The van der Waals surface area contributed by atoms with Crippen LogP contribution in [0, 0.1) is 11.3 Å². The fourth-order valence-corrected chi connectivity index (χ4v) is 1.86. The Morgan fingerprint density at radius 2 is 2.15 bits per heavy atom. The summed E-state index contributed by atoms with van der Waals surface area (Å²) in [7, 11) is 0. The third-order valence-corrected chi connectivity index (χ3v) is 3.56. The van der Waals surface area contributed by atoms with E-state index in [1.807, 2.05) is 13.0 Å². The largest absolute Gasteiger partial charge is 0.386 e. The topological polar surface area (TPSA) is 20.2 Å². The van der Waals surface area contributed by atoms with Gasteiger partial charge in [0, 0.05) is 0 Å². The lowest BCUT2D eigenvalue weighted by molar-refractivity contribution is 0.0738. The monoisotopic (exact) mass is 182 g/mol. The van der Waals surface area contributed by atoms with Gasteiger partial charge in [-0.3, -0.25) is 0 Å². The van der Waals surface area contributed by atoms with Crippen molar-refractivity contribution in [2.45, 2.75) is 52.6 Å². The van der Waals surface area contributed by atoms with Gasteiger partial charge in [-0.25, -0.2) is 0 Å². The molecule has 0 radical (unpaired) electrons. The summed E-state index contributed by atoms with van der Waals surface area (Å²) in [5, 5.41) is 9.74. The van der Waals surface area contributed by atoms with Crippen molar-refractivity contribution in [1.82, 2.24) is 0 Å². The normalized spacial score (nSPS) is 35.0. The highest BCUT2D eigenvalue weighted by Gasteiger charge is 2.31. The van der Waals surface area contributed by atoms with E-state index in [1.165, 1.54) is 6.42 Å². The molecule has 0 aromatic carbocycles. The van der Waals surface area contributed by atoms with Crippen LogP contribution in [-0.4, -0.2) is 10.7 Å². The Hall–Kier alpha value is -0.300. The molecular weight excluding hydrogens is 160 g/mol. The van der Waals surface area contributed by atoms with E-state index in [0.29, 0.717) is 11.3 Å². The molecule has 0 aromatic rings. The van der Waals surface area contributed by atoms with Gasteiger partial charge in [0.2, 0.25) is 0 Å². The smallest absolute Gasteiger partial charge is 0.0800 e. The summed E-state index contributed by atoms with van der Waals surface area (Å²) < 4.78 is 0. The van der Waals surface area contributed by atoms with Crippen LogP contribution in [0.5, 0.6) is 0 Å². The van der Waals surface area contributed by atoms with Crippen molar-refractivity contribution in [2.75, 3.05) is 0 Å². The van der Waals surface area contributed by atoms with E-state index < -0.39 is 5.60 Å². The minimum Gasteiger partial charge on any atom is -0.386 e. The molecular formula is C12H22O. The van der Waals surface area contributed by atoms with Crippen molar-refractivity contribution in [2.24, 2.45) is 11.3 Å². The summed E-state index contributed by atoms with van der Waals surface area (Å²) in [5.41, 5.74) is -0.173. The molecule has 1 nitrogen and oxygen atoms in total. The predicted octanol–water partition coefficient (Wildman–Crippen LogP) is 3.14. The Labute approximate surface area is 81.9 Å². The van der Waals surface area contributed by atoms with Gasteiger partial charge in [0.25, 0.3) is 0 Å². The van der Waals surface area contributed by atoms with Crippen LogP contribution in [0.15, 0.2) is 12.2 Å². The fraction of sp³-hybridized carbons (Fsp3) is 0.833. The number of allylic oxidation sites excluding steroid dienone is 1. The van der Waals surface area contributed by atoms with Crippen molar-refractivity contribution >= 4 is 0 Å². The molecule has 0 bridgehead atoms. The standard InChI is InChI=1S/C12H22O/c1-5-11(2,3)10-6-8-12(4,13)9-7-10/h6,8,10,13H,5,7,9H2,1-4H3. The van der Waals surface area contributed by atoms with E-state index >= 15 is 0 Å². The van der Waals surface area contributed by atoms with Crippen LogP contribution in [0.4, 0.5) is 0 Å². The highest BCUT2D eigenvalue weighted by molar-refractivity contribution is 5.08. The first-order valence-corrected chi connectivity index (χ1v) is 5.29. The number of hydrogen-bond acceptors (Lipinski definition) is 1. The number of hydrogen-bond donors (Lipinski definition) is 1. The summed E-state index contributed by atoms with van der Waals surface area (Å²) in [6.07, 6.45) is 7.39. The Balaban J connectivity index is 2.68. The summed E-state index contributed by atoms with van der Waals surface area (Å²) in [6.45, 7) is 8.74. The maximum atomic E-state index is 9.74. The van der Waals surface area contributed by atoms with Gasteiger partial charge >= 0.3 is 0 Å². The third-order valence-electron chi connectivity index (χ3n) is 3.56. The second-order valence-corrected chi connectivity index (χ2v) is 5.20. The van der Waals surface area contributed by atoms with Crippen LogP contribution >= 0.6 is 0 Å². The zero-order valence-corrected chi connectivity index (χ0v) is 9.30. The van der Waals surface area contributed by atoms with Gasteiger partial charge in [0.1, 0.15) is 0 Å². The first-order chi connectivity index (χ1) is 5.87. The van der Waals surface area contributed by atoms with Crippen molar-refractivity contribution in [3.05, 3.63) is 12.2 Å². The van der Waals surface area contributed by atoms with Crippen molar-refractivity contribution in [1.29, 1.82) is 0 Å². The number of rotatable bonds is 2. The zero-order valence-electron chi connectivity index (χ0n) is 9.30. The SMILES string of the molecule is CCC(C)(C)C1C=CC(C)(O)CC1. The van der Waals surface area contributed by atoms with Crippen LogP contribution in [0.25, 0.3) is 0 Å². The molecule has 2 unspecified atom stereocenters. The molecule has 1 heteroatoms. The maximum absolute atomic E-state index is 9.74. The van der Waals surface area contributed by atoms with Gasteiger partial charge in [0.05, 0.1) is 5.60 Å². The van der Waals surface area contributed by atoms with Gasteiger partial charge in [-0.1, -0.05) is 39.3 Å². The third kappa shape index (κ3) is 2.57. The first-order valence-electron chi connectivity index (χ1n) is 5.29. The van der Waals surface area contributed by atoms with E-state index in [0.717, 1.165) is 12.8 Å². The van der Waals surface area contributed by atoms with Gasteiger partial charge in [-0.2, -0.15) is 0 Å². The fourth-order valence-electron chi connectivity index (χ4n) is 1.86. The molecule has 0 saturated carbocycles. The highest BCUT2D eigenvalue weighted by atomic mass is 16.3. The van der Waals surface area contributed by atoms with Gasteiger partial charge in [0.15, 0.2) is 0 Å². The molecule has 1 N–H and O–H groups in total. The lowest BCUT2D eigenvalue weighted by Gasteiger charge is -2.36. The van der Waals surface area contributed by atoms with Crippen molar-refractivity contribution in [3.8, 4) is 0 Å². The second-order valence-electron chi connectivity index (χ2n) is 5.20. The molecule has 0 fully saturated rings. The molecule has 2 atom stereocenters. The quantitative estimate of drug-likeness (QED) is 0.650. The minimum absolute atomic E-state index is 0.382. The zero-order chi connectivity index (χ0) is 10.1. The first kappa shape index (κ1) is 10.8. The molecule has 0 amide bonds. The van der Waals surface area contributed by atoms with Gasteiger partial charge < -0.3 is 5.11 Å². The van der Waals surface area contributed by atoms with Crippen LogP contribution in [0.2, 0.25) is 0 Å². The summed E-state index contributed by atoms with van der Waals surface area (Å²) >= 11 is 0. The molecule has 1 aliphatic rings. The molecule has 0 spiro atoms. The van der Waals surface area contributed by atoms with Crippen molar-refractivity contribution in [3.63, 3.8) is 0 Å². The Bertz CT molecular complexity index is 201. The molecule has 0 aliphatic heterocycles. The van der Waals surface area contributed by atoms with Gasteiger partial charge in [-0.15, -0.1) is 0 Å². The summed E-state index contributed by atoms with van der Waals surface area (Å²) in [4.78, 5) is 0. The average Bonchev–Trinajstić information content (AvgIpc) is 2.04. The van der Waals surface area contributed by atoms with E-state index in [4.69, 9.17) is 0 Å². The molecule has 0 aromatic heterocycles. The average molecular weight is 182 g/mol. The maximum Gasteiger partial charge on any atom is 0.0800 e. The molecule has 1 aliphatic carbocycles. The van der Waals surface area contributed by atoms with E-state index in [9.17, 15) is 5.11 Å². The number of aliphatic hydroxyl groups is 1. The van der Waals surface area contributed by atoms with Gasteiger partial charge in [-0.05, 0) is 31.1 Å². The predicted molar refractivity (Wildman–Crippen MR) is 56.6 cm³/mol. The molecule has 1 rings (SSSR count). The Morgan fingerprint density at radius 1 is 1.54 bits per heavy atom. The van der Waals surface area contributed by atoms with E-state index in [2.05, 4.69) is 26.8 Å². The lowest BCUT2D eigenvalue weighted by atomic mass is 9.70. The second kappa shape index (κ2) is 3.45. The van der Waals surface area contributed by atoms with Crippen LogP contribution in [0.1, 0.15) is 47.0 Å².